The van der Waals surface area contributed by atoms with Crippen LogP contribution < -0.4 is 5.32 Å². The number of benzene rings is 1. The monoisotopic (exact) mass is 335 g/mol. The van der Waals surface area contributed by atoms with Crippen LogP contribution in [-0.2, 0) is 4.79 Å². The Balaban J connectivity index is 1.99. The van der Waals surface area contributed by atoms with Crippen LogP contribution in [0.4, 0.5) is 4.39 Å². The largest absolute Gasteiger partial charge is 0.353 e. The second kappa shape index (κ2) is 9.14. The second-order valence-electron chi connectivity index (χ2n) is 6.83. The summed E-state index contributed by atoms with van der Waals surface area (Å²) in [6.07, 6.45) is 4.28. The van der Waals surface area contributed by atoms with Crippen molar-refractivity contribution in [2.45, 2.75) is 44.7 Å². The highest BCUT2D eigenvalue weighted by Gasteiger charge is 2.28. The lowest BCUT2D eigenvalue weighted by Crippen LogP contribution is -2.50. The molecular formula is C19H30FN3O. The molecule has 2 unspecified atom stereocenters. The van der Waals surface area contributed by atoms with Crippen molar-refractivity contribution in [3.8, 4) is 0 Å². The molecule has 1 heterocycles. The van der Waals surface area contributed by atoms with Crippen LogP contribution >= 0.6 is 0 Å². The van der Waals surface area contributed by atoms with Crippen LogP contribution in [0.25, 0.3) is 0 Å². The van der Waals surface area contributed by atoms with Gasteiger partial charge in [-0.3, -0.25) is 9.69 Å². The van der Waals surface area contributed by atoms with Gasteiger partial charge in [0, 0.05) is 6.54 Å². The van der Waals surface area contributed by atoms with Gasteiger partial charge < -0.3 is 10.2 Å². The topological polar surface area (TPSA) is 35.6 Å². The zero-order valence-corrected chi connectivity index (χ0v) is 15.1. The standard InChI is InChI=1S/C19H30FN3O/c1-4-11-23-12-6-5-10-17(23)19(24)21-14-18(22(2)3)15-8-7-9-16(20)13-15/h7-9,13,17-18H,4-6,10-12,14H2,1-3H3,(H,21,24). The van der Waals surface area contributed by atoms with Crippen molar-refractivity contribution in [1.29, 1.82) is 0 Å². The van der Waals surface area contributed by atoms with Gasteiger partial charge in [-0.05, 0) is 64.1 Å². The summed E-state index contributed by atoms with van der Waals surface area (Å²) in [5.41, 5.74) is 0.884. The van der Waals surface area contributed by atoms with Gasteiger partial charge in [0.15, 0.2) is 0 Å². The molecule has 4 nitrogen and oxygen atoms in total. The fourth-order valence-electron chi connectivity index (χ4n) is 3.47. The van der Waals surface area contributed by atoms with Crippen molar-refractivity contribution < 1.29 is 9.18 Å². The Labute approximate surface area is 145 Å². The first-order chi connectivity index (χ1) is 11.5. The Bertz CT molecular complexity index is 533. The quantitative estimate of drug-likeness (QED) is 0.832. The molecule has 1 aromatic rings. The van der Waals surface area contributed by atoms with E-state index in [1.807, 2.05) is 25.1 Å². The lowest BCUT2D eigenvalue weighted by Gasteiger charge is -2.35. The lowest BCUT2D eigenvalue weighted by atomic mass is 10.0. The highest BCUT2D eigenvalue weighted by molar-refractivity contribution is 5.81. The van der Waals surface area contributed by atoms with Crippen LogP contribution in [0.2, 0.25) is 0 Å². The molecule has 1 aromatic carbocycles. The molecule has 1 fully saturated rings. The summed E-state index contributed by atoms with van der Waals surface area (Å²) in [6.45, 7) is 4.62. The highest BCUT2D eigenvalue weighted by atomic mass is 19.1. The van der Waals surface area contributed by atoms with Crippen LogP contribution in [0.3, 0.4) is 0 Å². The van der Waals surface area contributed by atoms with Gasteiger partial charge in [-0.15, -0.1) is 0 Å². The number of nitrogens with zero attached hydrogens (tertiary/aromatic N) is 2. The lowest BCUT2D eigenvalue weighted by molar-refractivity contribution is -0.127. The molecule has 2 rings (SSSR count). The smallest absolute Gasteiger partial charge is 0.237 e. The van der Waals surface area contributed by atoms with Gasteiger partial charge in [-0.25, -0.2) is 4.39 Å². The van der Waals surface area contributed by atoms with E-state index in [-0.39, 0.29) is 23.8 Å². The number of hydrogen-bond donors (Lipinski definition) is 1. The van der Waals surface area contributed by atoms with E-state index >= 15 is 0 Å². The normalized spacial score (nSPS) is 20.1. The number of halogens is 1. The summed E-state index contributed by atoms with van der Waals surface area (Å²) < 4.78 is 13.5. The minimum Gasteiger partial charge on any atom is -0.353 e. The highest BCUT2D eigenvalue weighted by Crippen LogP contribution is 2.20. The summed E-state index contributed by atoms with van der Waals surface area (Å²) in [5, 5.41) is 3.10. The van der Waals surface area contributed by atoms with Crippen LogP contribution in [0, 0.1) is 5.82 Å². The zero-order valence-electron chi connectivity index (χ0n) is 15.1. The molecule has 0 radical (unpaired) electrons. The Morgan fingerprint density at radius 1 is 1.42 bits per heavy atom. The number of piperidine rings is 1. The van der Waals surface area contributed by atoms with E-state index in [9.17, 15) is 9.18 Å². The van der Waals surface area contributed by atoms with Crippen molar-refractivity contribution in [2.24, 2.45) is 0 Å². The molecule has 2 atom stereocenters. The van der Waals surface area contributed by atoms with E-state index in [0.717, 1.165) is 37.9 Å². The van der Waals surface area contributed by atoms with Crippen LogP contribution in [0.1, 0.15) is 44.2 Å². The van der Waals surface area contributed by atoms with Crippen LogP contribution in [0.15, 0.2) is 24.3 Å². The molecule has 0 saturated carbocycles. The molecule has 5 heteroatoms. The summed E-state index contributed by atoms with van der Waals surface area (Å²) in [4.78, 5) is 17.0. The average Bonchev–Trinajstić information content (AvgIpc) is 2.55. The first-order valence-corrected chi connectivity index (χ1v) is 8.96. The Morgan fingerprint density at radius 2 is 2.21 bits per heavy atom. The number of hydrogen-bond acceptors (Lipinski definition) is 3. The van der Waals surface area contributed by atoms with E-state index in [4.69, 9.17) is 0 Å². The molecular weight excluding hydrogens is 305 g/mol. The summed E-state index contributed by atoms with van der Waals surface area (Å²) in [5.74, 6) is -0.140. The van der Waals surface area contributed by atoms with Crippen molar-refractivity contribution in [1.82, 2.24) is 15.1 Å². The molecule has 1 aliphatic rings. The third-order valence-electron chi connectivity index (χ3n) is 4.75. The van der Waals surface area contributed by atoms with E-state index in [2.05, 4.69) is 17.1 Å². The first-order valence-electron chi connectivity index (χ1n) is 8.96. The Kier molecular flexibility index (Phi) is 7.18. The van der Waals surface area contributed by atoms with E-state index in [1.165, 1.54) is 12.5 Å². The fraction of sp³-hybridized carbons (Fsp3) is 0.632. The Morgan fingerprint density at radius 3 is 2.88 bits per heavy atom. The Hall–Kier alpha value is -1.46. The maximum atomic E-state index is 13.5. The molecule has 1 aliphatic heterocycles. The number of likely N-dealkylation sites (tertiary alicyclic amines) is 1. The third kappa shape index (κ3) is 5.02. The van der Waals surface area contributed by atoms with Crippen LogP contribution in [0.5, 0.6) is 0 Å². The third-order valence-corrected chi connectivity index (χ3v) is 4.75. The number of nitrogens with one attached hydrogen (secondary N) is 1. The maximum absolute atomic E-state index is 13.5. The van der Waals surface area contributed by atoms with E-state index in [0.29, 0.717) is 6.54 Å². The number of rotatable bonds is 7. The molecule has 0 aromatic heterocycles. The minimum absolute atomic E-state index is 0.0194. The van der Waals surface area contributed by atoms with E-state index in [1.54, 1.807) is 12.1 Å². The predicted octanol–water partition coefficient (Wildman–Crippen LogP) is 2.81. The molecule has 1 amide bonds. The van der Waals surface area contributed by atoms with Crippen molar-refractivity contribution >= 4 is 5.91 Å². The average molecular weight is 335 g/mol. The number of carbonyl (C=O) groups is 1. The molecule has 1 saturated heterocycles. The van der Waals surface area contributed by atoms with Gasteiger partial charge in [-0.1, -0.05) is 25.5 Å². The van der Waals surface area contributed by atoms with Gasteiger partial charge in [0.25, 0.3) is 0 Å². The molecule has 0 bridgehead atoms. The van der Waals surface area contributed by atoms with E-state index < -0.39 is 0 Å². The number of likely N-dealkylation sites (N-methyl/N-ethyl adjacent to an activating group) is 1. The maximum Gasteiger partial charge on any atom is 0.237 e. The van der Waals surface area contributed by atoms with Gasteiger partial charge in [0.2, 0.25) is 5.91 Å². The fourth-order valence-corrected chi connectivity index (χ4v) is 3.47. The molecule has 24 heavy (non-hydrogen) atoms. The van der Waals surface area contributed by atoms with Gasteiger partial charge >= 0.3 is 0 Å². The van der Waals surface area contributed by atoms with Gasteiger partial charge in [0.1, 0.15) is 5.82 Å². The van der Waals surface area contributed by atoms with Crippen molar-refractivity contribution in [2.75, 3.05) is 33.7 Å². The van der Waals surface area contributed by atoms with Gasteiger partial charge in [-0.2, -0.15) is 0 Å². The van der Waals surface area contributed by atoms with Crippen molar-refractivity contribution in [3.63, 3.8) is 0 Å². The number of carbonyl (C=O) groups excluding carboxylic acids is 1. The predicted molar refractivity (Wildman–Crippen MR) is 95.3 cm³/mol. The van der Waals surface area contributed by atoms with Gasteiger partial charge in [0.05, 0.1) is 12.1 Å². The van der Waals surface area contributed by atoms with Crippen molar-refractivity contribution in [3.05, 3.63) is 35.6 Å². The summed E-state index contributed by atoms with van der Waals surface area (Å²) in [6, 6.07) is 6.55. The van der Waals surface area contributed by atoms with Crippen LogP contribution in [-0.4, -0.2) is 55.5 Å². The first kappa shape index (κ1) is 18.9. The zero-order chi connectivity index (χ0) is 17.5. The SMILES string of the molecule is CCCN1CCCCC1C(=O)NCC(c1cccc(F)c1)N(C)C. The minimum atomic E-state index is -0.243. The molecule has 134 valence electrons. The molecule has 0 aliphatic carbocycles. The second-order valence-corrected chi connectivity index (χ2v) is 6.83. The summed E-state index contributed by atoms with van der Waals surface area (Å²) in [7, 11) is 3.90. The summed E-state index contributed by atoms with van der Waals surface area (Å²) >= 11 is 0. The number of amides is 1. The molecule has 1 N–H and O–H groups in total. The molecule has 0 spiro atoms.